The van der Waals surface area contributed by atoms with Crippen molar-refractivity contribution in [3.8, 4) is 0 Å². The summed E-state index contributed by atoms with van der Waals surface area (Å²) in [4.78, 5) is 21.9. The van der Waals surface area contributed by atoms with E-state index in [0.717, 1.165) is 29.8 Å². The average molecular weight is 446 g/mol. The molecule has 0 aromatic carbocycles. The molecule has 1 saturated heterocycles. The van der Waals surface area contributed by atoms with Crippen molar-refractivity contribution in [2.75, 3.05) is 19.6 Å². The third-order valence-corrected chi connectivity index (χ3v) is 6.87. The number of hydrogen-bond donors (Lipinski definition) is 0. The van der Waals surface area contributed by atoms with Crippen LogP contribution in [0.25, 0.3) is 0 Å². The number of nitrogens with zero attached hydrogens (tertiary/aromatic N) is 5. The number of carbonyl (C=O) groups is 1. The van der Waals surface area contributed by atoms with E-state index in [1.165, 1.54) is 19.3 Å². The van der Waals surface area contributed by atoms with Crippen molar-refractivity contribution in [2.45, 2.75) is 64.3 Å². The molecule has 7 nitrogen and oxygen atoms in total. The molecule has 1 aliphatic heterocycles. The molecule has 2 aliphatic rings. The lowest BCUT2D eigenvalue weighted by Crippen LogP contribution is -2.45. The van der Waals surface area contributed by atoms with Gasteiger partial charge in [0.2, 0.25) is 5.91 Å². The van der Waals surface area contributed by atoms with Crippen LogP contribution >= 0.6 is 11.6 Å². The first-order valence-electron chi connectivity index (χ1n) is 11.2. The monoisotopic (exact) mass is 445 g/mol. The zero-order valence-corrected chi connectivity index (χ0v) is 19.2. The number of rotatable bonds is 6. The molecule has 31 heavy (non-hydrogen) atoms. The summed E-state index contributed by atoms with van der Waals surface area (Å²) in [6.45, 7) is 4.68. The van der Waals surface area contributed by atoms with E-state index in [1.54, 1.807) is 10.9 Å². The van der Waals surface area contributed by atoms with E-state index in [9.17, 15) is 4.79 Å². The summed E-state index contributed by atoms with van der Waals surface area (Å²) in [6.07, 6.45) is 7.54. The Bertz CT molecular complexity index is 882. The Labute approximate surface area is 189 Å². The molecule has 168 valence electrons. The minimum absolute atomic E-state index is 0.0777. The van der Waals surface area contributed by atoms with Crippen LogP contribution in [-0.4, -0.2) is 62.3 Å². The van der Waals surface area contributed by atoms with Gasteiger partial charge in [0.1, 0.15) is 5.15 Å². The van der Waals surface area contributed by atoms with Crippen LogP contribution in [0.5, 0.6) is 0 Å². The summed E-state index contributed by atoms with van der Waals surface area (Å²) in [6, 6.07) is 6.17. The molecule has 3 heterocycles. The Balaban J connectivity index is 1.51. The van der Waals surface area contributed by atoms with Gasteiger partial charge in [0.25, 0.3) is 0 Å². The van der Waals surface area contributed by atoms with Gasteiger partial charge in [-0.05, 0) is 31.9 Å². The molecule has 1 atom stereocenters. The number of amides is 1. The molecular weight excluding hydrogens is 414 g/mol. The molecule has 0 radical (unpaired) electrons. The van der Waals surface area contributed by atoms with Crippen LogP contribution in [-0.2, 0) is 29.7 Å². The maximum Gasteiger partial charge on any atom is 0.237 e. The smallest absolute Gasteiger partial charge is 0.237 e. The first kappa shape index (κ1) is 22.2. The van der Waals surface area contributed by atoms with Gasteiger partial charge >= 0.3 is 0 Å². The maximum atomic E-state index is 13.3. The lowest BCUT2D eigenvalue weighted by Gasteiger charge is -2.35. The Morgan fingerprint density at radius 1 is 1.19 bits per heavy atom. The molecular formula is C23H32ClN5O2. The van der Waals surface area contributed by atoms with E-state index in [1.807, 2.05) is 32.2 Å². The molecule has 1 saturated carbocycles. The largest absolute Gasteiger partial charge is 0.369 e. The van der Waals surface area contributed by atoms with E-state index >= 15 is 0 Å². The molecule has 1 aliphatic carbocycles. The summed E-state index contributed by atoms with van der Waals surface area (Å²) >= 11 is 6.48. The van der Waals surface area contributed by atoms with Crippen LogP contribution < -0.4 is 0 Å². The minimum atomic E-state index is -0.0777. The van der Waals surface area contributed by atoms with Gasteiger partial charge in [-0.2, -0.15) is 5.10 Å². The van der Waals surface area contributed by atoms with Gasteiger partial charge < -0.3 is 9.64 Å². The van der Waals surface area contributed by atoms with Crippen molar-refractivity contribution in [3.05, 3.63) is 46.5 Å². The van der Waals surface area contributed by atoms with E-state index in [0.29, 0.717) is 44.0 Å². The summed E-state index contributed by atoms with van der Waals surface area (Å²) < 4.78 is 7.99. The predicted octanol–water partition coefficient (Wildman–Crippen LogP) is 3.34. The lowest BCUT2D eigenvalue weighted by atomic mass is 9.94. The number of pyridine rings is 1. The van der Waals surface area contributed by atoms with E-state index in [2.05, 4.69) is 19.9 Å². The fraction of sp³-hybridized carbons (Fsp3) is 0.609. The Kier molecular flexibility index (Phi) is 7.25. The first-order valence-corrected chi connectivity index (χ1v) is 11.6. The summed E-state index contributed by atoms with van der Waals surface area (Å²) in [5.74, 6) is 0.188. The summed E-state index contributed by atoms with van der Waals surface area (Å²) in [7, 11) is 1.84. The Morgan fingerprint density at radius 3 is 2.68 bits per heavy atom. The normalized spacial score (nSPS) is 21.5. The van der Waals surface area contributed by atoms with E-state index in [4.69, 9.17) is 16.3 Å². The second-order valence-electron chi connectivity index (χ2n) is 8.74. The molecule has 1 amide bonds. The maximum absolute atomic E-state index is 13.3. The van der Waals surface area contributed by atoms with Crippen LogP contribution in [0, 0.1) is 6.92 Å². The summed E-state index contributed by atoms with van der Waals surface area (Å²) in [5, 5.41) is 5.05. The molecule has 0 N–H and O–H groups in total. The van der Waals surface area contributed by atoms with Crippen LogP contribution in [0.1, 0.15) is 49.1 Å². The van der Waals surface area contributed by atoms with Gasteiger partial charge in [-0.3, -0.25) is 19.4 Å². The van der Waals surface area contributed by atoms with Gasteiger partial charge in [-0.25, -0.2) is 0 Å². The van der Waals surface area contributed by atoms with Gasteiger partial charge in [0.05, 0.1) is 30.6 Å². The molecule has 2 fully saturated rings. The summed E-state index contributed by atoms with van der Waals surface area (Å²) in [5.41, 5.74) is 2.78. The van der Waals surface area contributed by atoms with Crippen molar-refractivity contribution in [2.24, 2.45) is 7.05 Å². The van der Waals surface area contributed by atoms with Crippen LogP contribution in [0.4, 0.5) is 0 Å². The van der Waals surface area contributed by atoms with Gasteiger partial charge in [0, 0.05) is 44.5 Å². The van der Waals surface area contributed by atoms with Gasteiger partial charge in [-0.15, -0.1) is 0 Å². The number of ether oxygens (including phenoxy) is 1. The third-order valence-electron chi connectivity index (χ3n) is 6.40. The Morgan fingerprint density at radius 2 is 2.00 bits per heavy atom. The number of aryl methyl sites for hydroxylation is 2. The molecule has 2 aromatic rings. The zero-order valence-electron chi connectivity index (χ0n) is 18.5. The second kappa shape index (κ2) is 10.1. The average Bonchev–Trinajstić information content (AvgIpc) is 2.93. The Hall–Kier alpha value is -1.96. The minimum Gasteiger partial charge on any atom is -0.369 e. The topological polar surface area (TPSA) is 63.5 Å². The van der Waals surface area contributed by atoms with Crippen molar-refractivity contribution < 1.29 is 9.53 Å². The highest BCUT2D eigenvalue weighted by atomic mass is 35.5. The lowest BCUT2D eigenvalue weighted by molar-refractivity contribution is -0.135. The second-order valence-corrected chi connectivity index (χ2v) is 9.10. The standard InChI is InChI=1S/C23H32ClN5O2/c1-17-21(23(24)27(2)26-17)14-28-12-20(31-16-18-8-6-7-11-25-18)13-29(22(30)15-28)19-9-4-3-5-10-19/h6-8,11,19-20H,3-5,9-10,12-16H2,1-2H3. The van der Waals surface area contributed by atoms with Crippen molar-refractivity contribution in [3.63, 3.8) is 0 Å². The van der Waals surface area contributed by atoms with Crippen molar-refractivity contribution >= 4 is 17.5 Å². The number of halogens is 1. The molecule has 0 spiro atoms. The molecule has 2 aromatic heterocycles. The fourth-order valence-electron chi connectivity index (χ4n) is 4.75. The molecule has 1 unspecified atom stereocenters. The van der Waals surface area contributed by atoms with Crippen LogP contribution in [0.15, 0.2) is 24.4 Å². The third kappa shape index (κ3) is 5.45. The first-order chi connectivity index (χ1) is 15.0. The fourth-order valence-corrected chi connectivity index (χ4v) is 4.98. The van der Waals surface area contributed by atoms with Gasteiger partial charge in [-0.1, -0.05) is 36.9 Å². The molecule has 8 heteroatoms. The predicted molar refractivity (Wildman–Crippen MR) is 120 cm³/mol. The van der Waals surface area contributed by atoms with E-state index < -0.39 is 0 Å². The molecule has 4 rings (SSSR count). The van der Waals surface area contributed by atoms with Crippen molar-refractivity contribution in [1.29, 1.82) is 0 Å². The quantitative estimate of drug-likeness (QED) is 0.682. The zero-order chi connectivity index (χ0) is 21.8. The SMILES string of the molecule is Cc1nn(C)c(Cl)c1CN1CC(=O)N(C2CCCCC2)CC(OCc2ccccn2)C1. The number of aromatic nitrogens is 3. The molecule has 0 bridgehead atoms. The van der Waals surface area contributed by atoms with Crippen molar-refractivity contribution in [1.82, 2.24) is 24.6 Å². The number of carbonyl (C=O) groups excluding carboxylic acids is 1. The van der Waals surface area contributed by atoms with Crippen LogP contribution in [0.3, 0.4) is 0 Å². The highest BCUT2D eigenvalue weighted by Gasteiger charge is 2.33. The highest BCUT2D eigenvalue weighted by molar-refractivity contribution is 6.30. The van der Waals surface area contributed by atoms with E-state index in [-0.39, 0.29) is 12.0 Å². The van der Waals surface area contributed by atoms with Gasteiger partial charge in [0.15, 0.2) is 0 Å². The number of hydrogen-bond acceptors (Lipinski definition) is 5. The van der Waals surface area contributed by atoms with Crippen LogP contribution in [0.2, 0.25) is 5.15 Å². The highest BCUT2D eigenvalue weighted by Crippen LogP contribution is 2.26.